The Morgan fingerprint density at radius 1 is 1.08 bits per heavy atom. The summed E-state index contributed by atoms with van der Waals surface area (Å²) >= 11 is 5.96. The van der Waals surface area contributed by atoms with E-state index in [1.54, 1.807) is 12.1 Å². The Morgan fingerprint density at radius 3 is 2.24 bits per heavy atom. The standard InChI is InChI=1S/C20H20ClNO3/c21-16-9-7-15(8-10-16)20(11-4-12-20)19(25)22-17(13-18(23)24)14-5-2-1-3-6-14/h1-3,5-10,17H,4,11-13H2,(H,22,25)(H,23,24). The zero-order chi connectivity index (χ0) is 17.9. The molecule has 1 aliphatic carbocycles. The molecule has 0 saturated heterocycles. The molecule has 1 fully saturated rings. The molecule has 1 aliphatic rings. The minimum Gasteiger partial charge on any atom is -0.481 e. The monoisotopic (exact) mass is 357 g/mol. The van der Waals surface area contributed by atoms with Crippen molar-refractivity contribution in [3.63, 3.8) is 0 Å². The number of benzene rings is 2. The maximum absolute atomic E-state index is 13.1. The second kappa shape index (κ2) is 7.28. The molecule has 0 radical (unpaired) electrons. The minimum absolute atomic E-state index is 0.115. The van der Waals surface area contributed by atoms with Crippen LogP contribution in [0.2, 0.25) is 5.02 Å². The maximum Gasteiger partial charge on any atom is 0.305 e. The van der Waals surface area contributed by atoms with Crippen LogP contribution in [0, 0.1) is 0 Å². The van der Waals surface area contributed by atoms with Crippen LogP contribution in [0.3, 0.4) is 0 Å². The summed E-state index contributed by atoms with van der Waals surface area (Å²) in [5.41, 5.74) is 1.14. The van der Waals surface area contributed by atoms with Crippen molar-refractivity contribution in [2.75, 3.05) is 0 Å². The molecule has 130 valence electrons. The number of hydrogen-bond donors (Lipinski definition) is 2. The average molecular weight is 358 g/mol. The summed E-state index contributed by atoms with van der Waals surface area (Å²) in [6.07, 6.45) is 2.35. The third-order valence-electron chi connectivity index (χ3n) is 4.92. The fourth-order valence-electron chi connectivity index (χ4n) is 3.35. The molecule has 2 aromatic rings. The molecule has 1 atom stereocenters. The molecule has 2 aromatic carbocycles. The smallest absolute Gasteiger partial charge is 0.305 e. The summed E-state index contributed by atoms with van der Waals surface area (Å²) in [6, 6.07) is 16.0. The highest BCUT2D eigenvalue weighted by atomic mass is 35.5. The van der Waals surface area contributed by atoms with Crippen molar-refractivity contribution in [1.29, 1.82) is 0 Å². The number of carboxylic acids is 1. The zero-order valence-corrected chi connectivity index (χ0v) is 14.5. The Morgan fingerprint density at radius 2 is 1.72 bits per heavy atom. The largest absolute Gasteiger partial charge is 0.481 e. The third-order valence-corrected chi connectivity index (χ3v) is 5.18. The molecule has 0 heterocycles. The molecule has 1 unspecified atom stereocenters. The normalized spacial score (nSPS) is 16.5. The first-order valence-corrected chi connectivity index (χ1v) is 8.73. The molecule has 0 spiro atoms. The van der Waals surface area contributed by atoms with E-state index in [4.69, 9.17) is 11.6 Å². The van der Waals surface area contributed by atoms with Gasteiger partial charge in [-0.2, -0.15) is 0 Å². The first kappa shape index (κ1) is 17.5. The average Bonchev–Trinajstić information content (AvgIpc) is 2.55. The van der Waals surface area contributed by atoms with Crippen LogP contribution in [0.15, 0.2) is 54.6 Å². The van der Waals surface area contributed by atoms with Crippen LogP contribution in [0.1, 0.15) is 42.9 Å². The molecule has 0 aromatic heterocycles. The van der Waals surface area contributed by atoms with E-state index in [-0.39, 0.29) is 12.3 Å². The number of halogens is 1. The van der Waals surface area contributed by atoms with Gasteiger partial charge in [0.05, 0.1) is 17.9 Å². The van der Waals surface area contributed by atoms with Crippen LogP contribution < -0.4 is 5.32 Å². The number of nitrogens with one attached hydrogen (secondary N) is 1. The van der Waals surface area contributed by atoms with Gasteiger partial charge in [0.15, 0.2) is 0 Å². The Labute approximate surface area is 151 Å². The molecular weight excluding hydrogens is 338 g/mol. The van der Waals surface area contributed by atoms with Crippen molar-refractivity contribution >= 4 is 23.5 Å². The second-order valence-electron chi connectivity index (χ2n) is 6.48. The fourth-order valence-corrected chi connectivity index (χ4v) is 3.48. The van der Waals surface area contributed by atoms with Gasteiger partial charge < -0.3 is 10.4 Å². The van der Waals surface area contributed by atoms with Gasteiger partial charge in [0.1, 0.15) is 0 Å². The third kappa shape index (κ3) is 3.69. The molecule has 0 aliphatic heterocycles. The van der Waals surface area contributed by atoms with Crippen molar-refractivity contribution < 1.29 is 14.7 Å². The van der Waals surface area contributed by atoms with E-state index in [2.05, 4.69) is 5.32 Å². The molecular formula is C20H20ClNO3. The molecule has 5 heteroatoms. The van der Waals surface area contributed by atoms with Gasteiger partial charge in [-0.3, -0.25) is 9.59 Å². The summed E-state index contributed by atoms with van der Waals surface area (Å²) in [5, 5.41) is 12.8. The van der Waals surface area contributed by atoms with E-state index in [9.17, 15) is 14.7 Å². The lowest BCUT2D eigenvalue weighted by molar-refractivity contribution is -0.138. The SMILES string of the molecule is O=C(O)CC(NC(=O)C1(c2ccc(Cl)cc2)CCC1)c1ccccc1. The van der Waals surface area contributed by atoms with Crippen LogP contribution in [0.4, 0.5) is 0 Å². The summed E-state index contributed by atoms with van der Waals surface area (Å²) in [5.74, 6) is -1.06. The van der Waals surface area contributed by atoms with Crippen molar-refractivity contribution in [2.45, 2.75) is 37.1 Å². The van der Waals surface area contributed by atoms with Crippen LogP contribution in [-0.2, 0) is 15.0 Å². The van der Waals surface area contributed by atoms with Crippen LogP contribution in [0.25, 0.3) is 0 Å². The van der Waals surface area contributed by atoms with Crippen LogP contribution >= 0.6 is 11.6 Å². The summed E-state index contributed by atoms with van der Waals surface area (Å²) in [4.78, 5) is 24.3. The van der Waals surface area contributed by atoms with Crippen molar-refractivity contribution in [3.05, 3.63) is 70.7 Å². The predicted molar refractivity (Wildman–Crippen MR) is 96.6 cm³/mol. The maximum atomic E-state index is 13.1. The van der Waals surface area contributed by atoms with Crippen LogP contribution in [-0.4, -0.2) is 17.0 Å². The van der Waals surface area contributed by atoms with E-state index in [1.165, 1.54) is 0 Å². The van der Waals surface area contributed by atoms with Gasteiger partial charge in [-0.05, 0) is 36.1 Å². The number of carbonyl (C=O) groups is 2. The number of carbonyl (C=O) groups excluding carboxylic acids is 1. The van der Waals surface area contributed by atoms with Crippen LogP contribution in [0.5, 0.6) is 0 Å². The van der Waals surface area contributed by atoms with Crippen molar-refractivity contribution in [3.8, 4) is 0 Å². The quantitative estimate of drug-likeness (QED) is 0.818. The zero-order valence-electron chi connectivity index (χ0n) is 13.7. The van der Waals surface area contributed by atoms with E-state index in [0.29, 0.717) is 5.02 Å². The number of amides is 1. The molecule has 4 nitrogen and oxygen atoms in total. The van der Waals surface area contributed by atoms with Gasteiger partial charge in [-0.25, -0.2) is 0 Å². The lowest BCUT2D eigenvalue weighted by Crippen LogP contribution is -2.50. The number of rotatable bonds is 6. The van der Waals surface area contributed by atoms with Crippen molar-refractivity contribution in [2.24, 2.45) is 0 Å². The summed E-state index contributed by atoms with van der Waals surface area (Å²) < 4.78 is 0. The van der Waals surface area contributed by atoms with E-state index < -0.39 is 17.4 Å². The van der Waals surface area contributed by atoms with E-state index >= 15 is 0 Å². The topological polar surface area (TPSA) is 66.4 Å². The highest BCUT2D eigenvalue weighted by molar-refractivity contribution is 6.30. The van der Waals surface area contributed by atoms with Gasteiger partial charge in [0, 0.05) is 5.02 Å². The number of hydrogen-bond acceptors (Lipinski definition) is 2. The number of carboxylic acid groups (broad SMARTS) is 1. The molecule has 1 amide bonds. The highest BCUT2D eigenvalue weighted by Crippen LogP contribution is 2.44. The first-order chi connectivity index (χ1) is 12.0. The van der Waals surface area contributed by atoms with E-state index in [1.807, 2.05) is 42.5 Å². The van der Waals surface area contributed by atoms with Crippen molar-refractivity contribution in [1.82, 2.24) is 5.32 Å². The molecule has 1 saturated carbocycles. The Kier molecular flexibility index (Phi) is 5.09. The lowest BCUT2D eigenvalue weighted by atomic mass is 9.63. The van der Waals surface area contributed by atoms with Gasteiger partial charge in [-0.15, -0.1) is 0 Å². The number of aliphatic carboxylic acids is 1. The first-order valence-electron chi connectivity index (χ1n) is 8.35. The van der Waals surface area contributed by atoms with Gasteiger partial charge in [0.25, 0.3) is 0 Å². The Balaban J connectivity index is 1.84. The highest BCUT2D eigenvalue weighted by Gasteiger charge is 2.46. The minimum atomic E-state index is -0.941. The Hall–Kier alpha value is -2.33. The molecule has 3 rings (SSSR count). The molecule has 25 heavy (non-hydrogen) atoms. The Bertz CT molecular complexity index is 754. The van der Waals surface area contributed by atoms with Gasteiger partial charge >= 0.3 is 5.97 Å². The van der Waals surface area contributed by atoms with Gasteiger partial charge in [-0.1, -0.05) is 60.5 Å². The summed E-state index contributed by atoms with van der Waals surface area (Å²) in [7, 11) is 0. The summed E-state index contributed by atoms with van der Waals surface area (Å²) in [6.45, 7) is 0. The predicted octanol–water partition coefficient (Wildman–Crippen LogP) is 4.09. The molecule has 0 bridgehead atoms. The second-order valence-corrected chi connectivity index (χ2v) is 6.91. The van der Waals surface area contributed by atoms with Gasteiger partial charge in [0.2, 0.25) is 5.91 Å². The van der Waals surface area contributed by atoms with E-state index in [0.717, 1.165) is 30.4 Å². The fraction of sp³-hybridized carbons (Fsp3) is 0.300. The lowest BCUT2D eigenvalue weighted by Gasteiger charge is -2.41. The molecule has 2 N–H and O–H groups in total.